The maximum atomic E-state index is 6.09. The predicted molar refractivity (Wildman–Crippen MR) is 95.0 cm³/mol. The quantitative estimate of drug-likeness (QED) is 0.749. The van der Waals surface area contributed by atoms with Crippen molar-refractivity contribution in [1.82, 2.24) is 0 Å². The number of nitrogens with zero attached hydrogens (tertiary/aromatic N) is 2. The van der Waals surface area contributed by atoms with E-state index >= 15 is 0 Å². The lowest BCUT2D eigenvalue weighted by Crippen LogP contribution is -2.36. The number of aliphatic imine (C=N–C) groups is 1. The largest absolute Gasteiger partial charge is 0.369 e. The van der Waals surface area contributed by atoms with Crippen LogP contribution in [0.1, 0.15) is 11.6 Å². The summed E-state index contributed by atoms with van der Waals surface area (Å²) in [6, 6.07) is 14.0. The number of benzene rings is 2. The minimum Gasteiger partial charge on any atom is -0.369 e. The Hall–Kier alpha value is -1.04. The zero-order chi connectivity index (χ0) is 15.0. The maximum Gasteiger partial charge on any atom is 0.196 e. The van der Waals surface area contributed by atoms with Crippen molar-refractivity contribution < 1.29 is 0 Å². The first-order valence-electron chi connectivity index (χ1n) is 6.36. The highest BCUT2D eigenvalue weighted by atomic mass is 79.9. The molecule has 2 N–H and O–H groups in total. The molecule has 1 unspecified atom stereocenters. The Balaban J connectivity index is 2.03. The molecule has 0 bridgehead atoms. The Kier molecular flexibility index (Phi) is 4.24. The molecular weight excluding hydrogens is 417 g/mol. The molecule has 2 aromatic carbocycles. The Morgan fingerprint density at radius 3 is 2.62 bits per heavy atom. The minimum absolute atomic E-state index is 0.0775. The van der Waals surface area contributed by atoms with Gasteiger partial charge in [-0.25, -0.2) is 0 Å². The van der Waals surface area contributed by atoms with E-state index in [-0.39, 0.29) is 6.04 Å². The van der Waals surface area contributed by atoms with Crippen LogP contribution >= 0.6 is 43.5 Å². The molecule has 0 spiro atoms. The normalized spacial score (nSPS) is 18.0. The first-order chi connectivity index (χ1) is 10.1. The van der Waals surface area contributed by atoms with E-state index in [1.54, 1.807) is 0 Å². The number of guanidine groups is 1. The highest BCUT2D eigenvalue weighted by Gasteiger charge is 2.30. The highest BCUT2D eigenvalue weighted by molar-refractivity contribution is 9.10. The van der Waals surface area contributed by atoms with Crippen LogP contribution < -0.4 is 10.6 Å². The van der Waals surface area contributed by atoms with E-state index in [1.165, 1.54) is 0 Å². The maximum absolute atomic E-state index is 6.09. The smallest absolute Gasteiger partial charge is 0.196 e. The van der Waals surface area contributed by atoms with Gasteiger partial charge in [0.05, 0.1) is 17.6 Å². The van der Waals surface area contributed by atoms with Crippen molar-refractivity contribution in [3.8, 4) is 0 Å². The summed E-state index contributed by atoms with van der Waals surface area (Å²) in [5, 5.41) is 0.672. The van der Waals surface area contributed by atoms with E-state index in [1.807, 2.05) is 41.3 Å². The van der Waals surface area contributed by atoms with Gasteiger partial charge >= 0.3 is 0 Å². The van der Waals surface area contributed by atoms with Crippen LogP contribution in [0.4, 0.5) is 5.69 Å². The van der Waals surface area contributed by atoms with Crippen molar-refractivity contribution in [3.63, 3.8) is 0 Å². The monoisotopic (exact) mass is 427 g/mol. The third kappa shape index (κ3) is 2.82. The van der Waals surface area contributed by atoms with Crippen LogP contribution in [0.5, 0.6) is 0 Å². The Labute approximate surface area is 145 Å². The fourth-order valence-corrected chi connectivity index (χ4v) is 3.46. The highest BCUT2D eigenvalue weighted by Crippen LogP contribution is 2.36. The minimum atomic E-state index is 0.0775. The first-order valence-corrected chi connectivity index (χ1v) is 8.33. The molecular formula is C15H12Br2ClN3. The van der Waals surface area contributed by atoms with Gasteiger partial charge < -0.3 is 10.6 Å². The van der Waals surface area contributed by atoms with Crippen LogP contribution in [-0.2, 0) is 0 Å². The van der Waals surface area contributed by atoms with Gasteiger partial charge in [-0.05, 0) is 45.8 Å². The molecule has 108 valence electrons. The fraction of sp³-hybridized carbons (Fsp3) is 0.133. The number of halogens is 3. The predicted octanol–water partition coefficient (Wildman–Crippen LogP) is 4.74. The molecule has 0 saturated heterocycles. The molecule has 3 nitrogen and oxygen atoms in total. The van der Waals surface area contributed by atoms with Gasteiger partial charge in [0.15, 0.2) is 5.96 Å². The van der Waals surface area contributed by atoms with E-state index in [2.05, 4.69) is 42.9 Å². The molecule has 0 fully saturated rings. The molecule has 0 aromatic heterocycles. The van der Waals surface area contributed by atoms with Crippen molar-refractivity contribution >= 4 is 55.1 Å². The van der Waals surface area contributed by atoms with Gasteiger partial charge in [-0.15, -0.1) is 0 Å². The second kappa shape index (κ2) is 5.99. The van der Waals surface area contributed by atoms with Gasteiger partial charge in [0.25, 0.3) is 0 Å². The number of rotatable bonds is 2. The van der Waals surface area contributed by atoms with E-state index in [0.717, 1.165) is 20.2 Å². The van der Waals surface area contributed by atoms with Gasteiger partial charge in [-0.1, -0.05) is 45.7 Å². The van der Waals surface area contributed by atoms with E-state index in [4.69, 9.17) is 17.3 Å². The molecule has 0 amide bonds. The van der Waals surface area contributed by atoms with Gasteiger partial charge in [0.1, 0.15) is 0 Å². The number of anilines is 1. The lowest BCUT2D eigenvalue weighted by Gasteiger charge is -2.27. The molecule has 1 aliphatic heterocycles. The second-order valence-electron chi connectivity index (χ2n) is 4.70. The van der Waals surface area contributed by atoms with Crippen LogP contribution in [0.2, 0.25) is 5.02 Å². The summed E-state index contributed by atoms with van der Waals surface area (Å²) in [6.45, 7) is 0.634. The van der Waals surface area contributed by atoms with Gasteiger partial charge in [0, 0.05) is 14.6 Å². The molecule has 6 heteroatoms. The zero-order valence-electron chi connectivity index (χ0n) is 10.9. The van der Waals surface area contributed by atoms with Crippen LogP contribution in [0.25, 0.3) is 0 Å². The van der Waals surface area contributed by atoms with Crippen LogP contribution in [-0.4, -0.2) is 12.5 Å². The SMILES string of the molecule is NC1=NCC(c2ccccc2Br)N1c1ccc(Cl)c(Br)c1. The molecule has 0 saturated carbocycles. The van der Waals surface area contributed by atoms with Gasteiger partial charge in [-0.3, -0.25) is 4.99 Å². The van der Waals surface area contributed by atoms with Crippen LogP contribution in [0.3, 0.4) is 0 Å². The molecule has 1 atom stereocenters. The van der Waals surface area contributed by atoms with Crippen LogP contribution in [0, 0.1) is 0 Å². The zero-order valence-corrected chi connectivity index (χ0v) is 14.9. The summed E-state index contributed by atoms with van der Waals surface area (Å²) in [7, 11) is 0. The Morgan fingerprint density at radius 1 is 1.14 bits per heavy atom. The molecule has 0 radical (unpaired) electrons. The van der Waals surface area contributed by atoms with E-state index in [0.29, 0.717) is 17.5 Å². The summed E-state index contributed by atoms with van der Waals surface area (Å²) in [4.78, 5) is 6.43. The molecule has 21 heavy (non-hydrogen) atoms. The molecule has 3 rings (SSSR count). The lowest BCUT2D eigenvalue weighted by molar-refractivity contribution is 0.765. The van der Waals surface area contributed by atoms with Gasteiger partial charge in [0.2, 0.25) is 0 Å². The summed E-state index contributed by atoms with van der Waals surface area (Å²) >= 11 is 13.1. The molecule has 1 heterocycles. The van der Waals surface area contributed by atoms with E-state index < -0.39 is 0 Å². The summed E-state index contributed by atoms with van der Waals surface area (Å²) < 4.78 is 1.89. The summed E-state index contributed by atoms with van der Waals surface area (Å²) in [6.07, 6.45) is 0. The second-order valence-corrected chi connectivity index (χ2v) is 6.82. The van der Waals surface area contributed by atoms with E-state index in [9.17, 15) is 0 Å². The summed E-state index contributed by atoms with van der Waals surface area (Å²) in [5.41, 5.74) is 8.21. The number of hydrogen-bond acceptors (Lipinski definition) is 3. The van der Waals surface area contributed by atoms with Crippen molar-refractivity contribution in [3.05, 3.63) is 62.0 Å². The molecule has 2 aromatic rings. The Morgan fingerprint density at radius 2 is 1.90 bits per heavy atom. The molecule has 1 aliphatic rings. The van der Waals surface area contributed by atoms with Crippen molar-refractivity contribution in [2.24, 2.45) is 10.7 Å². The lowest BCUT2D eigenvalue weighted by atomic mass is 10.1. The summed E-state index contributed by atoms with van der Waals surface area (Å²) in [5.74, 6) is 0.518. The topological polar surface area (TPSA) is 41.6 Å². The third-order valence-electron chi connectivity index (χ3n) is 3.43. The van der Waals surface area contributed by atoms with Gasteiger partial charge in [-0.2, -0.15) is 0 Å². The molecule has 0 aliphatic carbocycles. The Bertz CT molecular complexity index is 718. The third-order valence-corrected chi connectivity index (χ3v) is 5.37. The van der Waals surface area contributed by atoms with Crippen molar-refractivity contribution in [2.75, 3.05) is 11.4 Å². The first kappa shape index (κ1) is 14.9. The number of nitrogens with two attached hydrogens (primary N) is 1. The van der Waals surface area contributed by atoms with Crippen LogP contribution in [0.15, 0.2) is 56.4 Å². The number of hydrogen-bond donors (Lipinski definition) is 1. The standard InChI is InChI=1S/C15H12Br2ClN3/c16-11-4-2-1-3-10(11)14-8-20-15(19)21(14)9-5-6-13(18)12(17)7-9/h1-7,14H,8H2,(H2,19,20). The average molecular weight is 430 g/mol. The fourth-order valence-electron chi connectivity index (χ4n) is 2.43. The average Bonchev–Trinajstić information content (AvgIpc) is 2.84. The van der Waals surface area contributed by atoms with Crippen molar-refractivity contribution in [2.45, 2.75) is 6.04 Å². The van der Waals surface area contributed by atoms with Crippen molar-refractivity contribution in [1.29, 1.82) is 0 Å².